The fourth-order valence-electron chi connectivity index (χ4n) is 4.93. The van der Waals surface area contributed by atoms with Gasteiger partial charge >= 0.3 is 0 Å². The van der Waals surface area contributed by atoms with Crippen LogP contribution in [0.3, 0.4) is 0 Å². The Labute approximate surface area is 195 Å². The molecule has 0 aromatic heterocycles. The van der Waals surface area contributed by atoms with Crippen LogP contribution in [-0.2, 0) is 17.6 Å². The van der Waals surface area contributed by atoms with Crippen molar-refractivity contribution in [2.24, 2.45) is 0 Å². The summed E-state index contributed by atoms with van der Waals surface area (Å²) in [6.45, 7) is 4.41. The molecule has 1 fully saturated rings. The lowest BCUT2D eigenvalue weighted by molar-refractivity contribution is -0.133. The maximum absolute atomic E-state index is 13.3. The molecule has 1 saturated heterocycles. The molecular formula is C24H29Cl3N2O. The van der Waals surface area contributed by atoms with Crippen molar-refractivity contribution in [1.82, 2.24) is 9.80 Å². The molecule has 1 amide bonds. The van der Waals surface area contributed by atoms with E-state index in [2.05, 4.69) is 30.0 Å². The zero-order valence-electron chi connectivity index (χ0n) is 17.5. The van der Waals surface area contributed by atoms with Crippen molar-refractivity contribution in [3.05, 3.63) is 68.7 Å². The second-order valence-electron chi connectivity index (χ2n) is 8.43. The molecule has 162 valence electrons. The number of fused-ring (bicyclic) bond motifs is 1. The number of aryl methyl sites for hydroxylation is 2. The minimum absolute atomic E-state index is 0. The molecule has 2 atom stereocenters. The number of amides is 1. The van der Waals surface area contributed by atoms with Gasteiger partial charge in [-0.3, -0.25) is 9.69 Å². The van der Waals surface area contributed by atoms with Gasteiger partial charge in [0.1, 0.15) is 0 Å². The predicted octanol–water partition coefficient (Wildman–Crippen LogP) is 5.88. The summed E-state index contributed by atoms with van der Waals surface area (Å²) in [5.41, 5.74) is 4.88. The SMILES string of the molecule is Cc1ccc2c(c1)CC[C@H](N1CCCC1)[C@H]2N(C)C(=O)Cc1ccc(Cl)c(Cl)c1.Cl. The third kappa shape index (κ3) is 4.80. The van der Waals surface area contributed by atoms with Gasteiger partial charge in [0.25, 0.3) is 0 Å². The summed E-state index contributed by atoms with van der Waals surface area (Å²) in [5, 5.41) is 1.01. The lowest BCUT2D eigenvalue weighted by Gasteiger charge is -2.43. The molecule has 0 radical (unpaired) electrons. The molecule has 4 rings (SSSR count). The zero-order chi connectivity index (χ0) is 20.5. The number of hydrogen-bond acceptors (Lipinski definition) is 2. The van der Waals surface area contributed by atoms with Crippen LogP contribution in [0.2, 0.25) is 10.0 Å². The Morgan fingerprint density at radius 1 is 1.10 bits per heavy atom. The van der Waals surface area contributed by atoms with Crippen molar-refractivity contribution in [3.63, 3.8) is 0 Å². The maximum Gasteiger partial charge on any atom is 0.227 e. The smallest absolute Gasteiger partial charge is 0.227 e. The molecule has 2 aromatic carbocycles. The van der Waals surface area contributed by atoms with Crippen molar-refractivity contribution in [1.29, 1.82) is 0 Å². The predicted molar refractivity (Wildman–Crippen MR) is 127 cm³/mol. The van der Waals surface area contributed by atoms with E-state index >= 15 is 0 Å². The van der Waals surface area contributed by atoms with Crippen LogP contribution in [0.15, 0.2) is 36.4 Å². The number of hydrogen-bond donors (Lipinski definition) is 0. The standard InChI is InChI=1S/C24H28Cl2N2O.ClH/c1-16-5-8-19-18(13-16)7-10-22(28-11-3-4-12-28)24(19)27(2)23(29)15-17-6-9-20(25)21(26)14-17;/h5-6,8-9,13-14,22,24H,3-4,7,10-12,15H2,1-2H3;1H/t22-,24-;/m0./s1. The molecule has 0 spiro atoms. The molecule has 0 unspecified atom stereocenters. The topological polar surface area (TPSA) is 23.6 Å². The van der Waals surface area contributed by atoms with E-state index in [0.717, 1.165) is 31.5 Å². The first-order valence-electron chi connectivity index (χ1n) is 10.5. The summed E-state index contributed by atoms with van der Waals surface area (Å²) >= 11 is 12.2. The van der Waals surface area contributed by atoms with E-state index < -0.39 is 0 Å². The maximum atomic E-state index is 13.3. The van der Waals surface area contributed by atoms with Crippen LogP contribution >= 0.6 is 35.6 Å². The second-order valence-corrected chi connectivity index (χ2v) is 9.24. The molecule has 0 saturated carbocycles. The number of nitrogens with zero attached hydrogens (tertiary/aromatic N) is 2. The minimum Gasteiger partial charge on any atom is -0.337 e. The number of benzene rings is 2. The highest BCUT2D eigenvalue weighted by atomic mass is 35.5. The lowest BCUT2D eigenvalue weighted by Crippen LogP contribution is -2.48. The fourth-order valence-corrected chi connectivity index (χ4v) is 5.26. The average molecular weight is 468 g/mol. The van der Waals surface area contributed by atoms with Gasteiger partial charge in [0.15, 0.2) is 0 Å². The van der Waals surface area contributed by atoms with Gasteiger partial charge < -0.3 is 4.90 Å². The van der Waals surface area contributed by atoms with Crippen molar-refractivity contribution in [3.8, 4) is 0 Å². The van der Waals surface area contributed by atoms with Crippen LogP contribution in [0, 0.1) is 6.92 Å². The van der Waals surface area contributed by atoms with Crippen molar-refractivity contribution < 1.29 is 4.79 Å². The van der Waals surface area contributed by atoms with Gasteiger partial charge in [-0.05, 0) is 74.5 Å². The number of carbonyl (C=O) groups excluding carboxylic acids is 1. The zero-order valence-corrected chi connectivity index (χ0v) is 19.9. The molecule has 30 heavy (non-hydrogen) atoms. The van der Waals surface area contributed by atoms with Crippen LogP contribution in [0.5, 0.6) is 0 Å². The number of likely N-dealkylation sites (tertiary alicyclic amines) is 1. The Bertz CT molecular complexity index is 911. The van der Waals surface area contributed by atoms with Gasteiger partial charge in [-0.2, -0.15) is 0 Å². The fraction of sp³-hybridized carbons (Fsp3) is 0.458. The van der Waals surface area contributed by atoms with Crippen molar-refractivity contribution in [2.75, 3.05) is 20.1 Å². The third-order valence-electron chi connectivity index (χ3n) is 6.45. The summed E-state index contributed by atoms with van der Waals surface area (Å²) in [7, 11) is 1.96. The number of likely N-dealkylation sites (N-methyl/N-ethyl adjacent to an activating group) is 1. The number of carbonyl (C=O) groups is 1. The molecule has 2 aromatic rings. The van der Waals surface area contributed by atoms with E-state index in [4.69, 9.17) is 23.2 Å². The molecule has 1 aliphatic carbocycles. The molecular weight excluding hydrogens is 439 g/mol. The first kappa shape index (κ1) is 23.4. The Morgan fingerprint density at radius 2 is 1.83 bits per heavy atom. The molecule has 2 aliphatic rings. The van der Waals surface area contributed by atoms with E-state index in [1.54, 1.807) is 12.1 Å². The van der Waals surface area contributed by atoms with Crippen LogP contribution in [0.1, 0.15) is 47.6 Å². The summed E-state index contributed by atoms with van der Waals surface area (Å²) in [6.07, 6.45) is 5.03. The van der Waals surface area contributed by atoms with Crippen molar-refractivity contribution in [2.45, 2.75) is 51.1 Å². The van der Waals surface area contributed by atoms with Gasteiger partial charge in [-0.15, -0.1) is 12.4 Å². The Kier molecular flexibility index (Phi) is 7.73. The average Bonchev–Trinajstić information content (AvgIpc) is 3.24. The van der Waals surface area contributed by atoms with Gasteiger partial charge in [0, 0.05) is 13.1 Å². The Morgan fingerprint density at radius 3 is 2.53 bits per heavy atom. The monoisotopic (exact) mass is 466 g/mol. The third-order valence-corrected chi connectivity index (χ3v) is 7.19. The summed E-state index contributed by atoms with van der Waals surface area (Å²) in [4.78, 5) is 17.8. The summed E-state index contributed by atoms with van der Waals surface area (Å²) < 4.78 is 0. The first-order chi connectivity index (χ1) is 13.9. The lowest BCUT2D eigenvalue weighted by atomic mass is 9.81. The number of halogens is 3. The molecule has 1 heterocycles. The Hall–Kier alpha value is -1.26. The molecule has 1 aliphatic heterocycles. The van der Waals surface area contributed by atoms with Crippen LogP contribution in [0.25, 0.3) is 0 Å². The highest BCUT2D eigenvalue weighted by Crippen LogP contribution is 2.38. The van der Waals surface area contributed by atoms with Crippen molar-refractivity contribution >= 4 is 41.5 Å². The Balaban J connectivity index is 0.00000256. The van der Waals surface area contributed by atoms with E-state index in [0.29, 0.717) is 22.5 Å². The van der Waals surface area contributed by atoms with Crippen LogP contribution < -0.4 is 0 Å². The van der Waals surface area contributed by atoms with Gasteiger partial charge in [-0.1, -0.05) is 53.0 Å². The molecule has 0 N–H and O–H groups in total. The van der Waals surface area contributed by atoms with Gasteiger partial charge in [0.05, 0.1) is 22.5 Å². The largest absolute Gasteiger partial charge is 0.337 e. The van der Waals surface area contributed by atoms with Gasteiger partial charge in [0.2, 0.25) is 5.91 Å². The van der Waals surface area contributed by atoms with Crippen LogP contribution in [-0.4, -0.2) is 41.9 Å². The molecule has 3 nitrogen and oxygen atoms in total. The highest BCUT2D eigenvalue weighted by molar-refractivity contribution is 6.42. The van der Waals surface area contributed by atoms with E-state index in [9.17, 15) is 4.79 Å². The van der Waals surface area contributed by atoms with E-state index in [-0.39, 0.29) is 24.4 Å². The summed E-state index contributed by atoms with van der Waals surface area (Å²) in [6, 6.07) is 12.6. The minimum atomic E-state index is 0. The van der Waals surface area contributed by atoms with Crippen LogP contribution in [0.4, 0.5) is 0 Å². The quantitative estimate of drug-likeness (QED) is 0.561. The van der Waals surface area contributed by atoms with E-state index in [1.807, 2.05) is 18.0 Å². The summed E-state index contributed by atoms with van der Waals surface area (Å²) in [5.74, 6) is 0.117. The normalized spacial score (nSPS) is 21.1. The van der Waals surface area contributed by atoms with E-state index in [1.165, 1.54) is 29.5 Å². The van der Waals surface area contributed by atoms with Gasteiger partial charge in [-0.25, -0.2) is 0 Å². The highest BCUT2D eigenvalue weighted by Gasteiger charge is 2.38. The molecule has 0 bridgehead atoms. The second kappa shape index (κ2) is 9.91. The molecule has 6 heteroatoms. The number of rotatable bonds is 4. The first-order valence-corrected chi connectivity index (χ1v) is 11.2.